The maximum absolute atomic E-state index is 12.5. The van der Waals surface area contributed by atoms with Gasteiger partial charge in [-0.15, -0.1) is 0 Å². The van der Waals surface area contributed by atoms with E-state index in [2.05, 4.69) is 20.3 Å². The number of hydrogen-bond donors (Lipinski definition) is 2. The van der Waals surface area contributed by atoms with Crippen LogP contribution in [0.4, 0.5) is 0 Å². The number of fused-ring (bicyclic) bond motifs is 1. The number of aromatic nitrogens is 4. The molecular weight excluding hydrogens is 406 g/mol. The molecule has 9 heteroatoms. The minimum absolute atomic E-state index is 0.179. The molecule has 0 saturated carbocycles. The Balaban J connectivity index is 1.44. The quantitative estimate of drug-likeness (QED) is 0.495. The first kappa shape index (κ1) is 19.5. The van der Waals surface area contributed by atoms with Gasteiger partial charge in [0.25, 0.3) is 5.91 Å². The number of aromatic carboxylic acids is 1. The van der Waals surface area contributed by atoms with Crippen LogP contribution < -0.4 is 5.32 Å². The van der Waals surface area contributed by atoms with Crippen LogP contribution >= 0.6 is 11.6 Å². The zero-order chi connectivity index (χ0) is 21.1. The van der Waals surface area contributed by atoms with Crippen LogP contribution in [0.2, 0.25) is 5.02 Å². The van der Waals surface area contributed by atoms with Crippen molar-refractivity contribution in [3.63, 3.8) is 0 Å². The van der Waals surface area contributed by atoms with E-state index in [1.54, 1.807) is 18.3 Å². The molecule has 3 aromatic heterocycles. The molecular formula is C21H16ClN5O3. The minimum Gasteiger partial charge on any atom is -0.475 e. The molecule has 30 heavy (non-hydrogen) atoms. The largest absolute Gasteiger partial charge is 0.475 e. The highest BCUT2D eigenvalue weighted by atomic mass is 35.5. The number of carbonyl (C=O) groups is 2. The summed E-state index contributed by atoms with van der Waals surface area (Å²) in [6, 6.07) is 11.0. The molecule has 0 fully saturated rings. The summed E-state index contributed by atoms with van der Waals surface area (Å²) in [6.07, 6.45) is 7.08. The first-order chi connectivity index (χ1) is 14.5. The molecule has 150 valence electrons. The number of nitrogens with one attached hydrogen (secondary N) is 1. The highest BCUT2D eigenvalue weighted by Gasteiger charge is 2.10. The molecule has 0 unspecified atom stereocenters. The molecule has 4 aromatic rings. The Kier molecular flexibility index (Phi) is 5.40. The van der Waals surface area contributed by atoms with E-state index in [1.807, 2.05) is 34.9 Å². The Morgan fingerprint density at radius 1 is 1.10 bits per heavy atom. The molecule has 2 N–H and O–H groups in total. The molecule has 1 amide bonds. The van der Waals surface area contributed by atoms with Gasteiger partial charge in [0.1, 0.15) is 5.65 Å². The molecule has 0 aliphatic carbocycles. The average molecular weight is 422 g/mol. The number of halogens is 1. The molecule has 0 radical (unpaired) electrons. The van der Waals surface area contributed by atoms with Crippen LogP contribution in [0.5, 0.6) is 0 Å². The summed E-state index contributed by atoms with van der Waals surface area (Å²) in [4.78, 5) is 35.3. The lowest BCUT2D eigenvalue weighted by molar-refractivity contribution is 0.0683. The third kappa shape index (κ3) is 4.44. The maximum atomic E-state index is 12.5. The number of pyridine rings is 1. The van der Waals surface area contributed by atoms with Gasteiger partial charge in [-0.05, 0) is 29.8 Å². The standard InChI is InChI=1S/C21H16ClN5O3/c22-16-3-1-2-13(6-16)7-17-12-27-5-4-15(8-18(27)26-17)20(28)25-11-14-9-23-19(21(29)30)24-10-14/h1-6,8-10,12H,7,11H2,(H,25,28)(H,29,30). The van der Waals surface area contributed by atoms with Gasteiger partial charge in [-0.25, -0.2) is 19.7 Å². The Hall–Kier alpha value is -3.78. The minimum atomic E-state index is -1.20. The van der Waals surface area contributed by atoms with Crippen LogP contribution in [0, 0.1) is 0 Å². The molecule has 8 nitrogen and oxygen atoms in total. The molecule has 4 rings (SSSR count). The smallest absolute Gasteiger partial charge is 0.373 e. The van der Waals surface area contributed by atoms with Crippen LogP contribution in [0.3, 0.4) is 0 Å². The van der Waals surface area contributed by atoms with Crippen molar-refractivity contribution in [2.24, 2.45) is 0 Å². The number of benzene rings is 1. The van der Waals surface area contributed by atoms with Gasteiger partial charge in [0.2, 0.25) is 5.82 Å². The number of carbonyl (C=O) groups excluding carboxylic acids is 1. The summed E-state index contributed by atoms with van der Waals surface area (Å²) in [5.74, 6) is -1.77. The summed E-state index contributed by atoms with van der Waals surface area (Å²) < 4.78 is 1.86. The lowest BCUT2D eigenvalue weighted by Crippen LogP contribution is -2.23. The lowest BCUT2D eigenvalue weighted by Gasteiger charge is -2.05. The van der Waals surface area contributed by atoms with Crippen molar-refractivity contribution in [1.29, 1.82) is 0 Å². The van der Waals surface area contributed by atoms with Gasteiger partial charge in [0.05, 0.1) is 5.69 Å². The van der Waals surface area contributed by atoms with Crippen molar-refractivity contribution in [2.45, 2.75) is 13.0 Å². The SMILES string of the molecule is O=C(NCc1cnc(C(=O)O)nc1)c1ccn2cc(Cc3cccc(Cl)c3)nc2c1. The second-order valence-corrected chi connectivity index (χ2v) is 7.06. The van der Waals surface area contributed by atoms with E-state index in [0.717, 1.165) is 11.3 Å². The molecule has 0 aliphatic rings. The first-order valence-corrected chi connectivity index (χ1v) is 9.40. The summed E-state index contributed by atoms with van der Waals surface area (Å²) in [5, 5.41) is 12.3. The van der Waals surface area contributed by atoms with Gasteiger partial charge in [-0.1, -0.05) is 23.7 Å². The third-order valence-corrected chi connectivity index (χ3v) is 4.63. The van der Waals surface area contributed by atoms with Crippen molar-refractivity contribution in [1.82, 2.24) is 24.7 Å². The number of carboxylic acids is 1. The fourth-order valence-corrected chi connectivity index (χ4v) is 3.17. The van der Waals surface area contributed by atoms with E-state index in [4.69, 9.17) is 16.7 Å². The molecule has 0 spiro atoms. The van der Waals surface area contributed by atoms with Crippen LogP contribution in [0.15, 0.2) is 61.2 Å². The number of amides is 1. The zero-order valence-electron chi connectivity index (χ0n) is 15.6. The molecule has 0 atom stereocenters. The predicted molar refractivity (Wildman–Crippen MR) is 110 cm³/mol. The van der Waals surface area contributed by atoms with Crippen LogP contribution in [-0.2, 0) is 13.0 Å². The van der Waals surface area contributed by atoms with Crippen LogP contribution in [-0.4, -0.2) is 36.3 Å². The van der Waals surface area contributed by atoms with E-state index in [-0.39, 0.29) is 18.3 Å². The number of rotatable bonds is 6. The molecule has 3 heterocycles. The van der Waals surface area contributed by atoms with Gasteiger partial charge in [-0.3, -0.25) is 4.79 Å². The van der Waals surface area contributed by atoms with E-state index in [0.29, 0.717) is 28.2 Å². The Bertz CT molecular complexity index is 1240. The number of nitrogens with zero attached hydrogens (tertiary/aromatic N) is 4. The summed E-state index contributed by atoms with van der Waals surface area (Å²) >= 11 is 6.04. The highest BCUT2D eigenvalue weighted by molar-refractivity contribution is 6.30. The van der Waals surface area contributed by atoms with E-state index >= 15 is 0 Å². The Morgan fingerprint density at radius 2 is 1.90 bits per heavy atom. The monoisotopic (exact) mass is 421 g/mol. The van der Waals surface area contributed by atoms with Crippen LogP contribution in [0.25, 0.3) is 5.65 Å². The van der Waals surface area contributed by atoms with Crippen molar-refractivity contribution < 1.29 is 14.7 Å². The average Bonchev–Trinajstić information content (AvgIpc) is 3.13. The molecule has 0 saturated heterocycles. The second kappa shape index (κ2) is 8.30. The predicted octanol–water partition coefficient (Wildman–Crippen LogP) is 3.00. The maximum Gasteiger partial charge on any atom is 0.373 e. The fraction of sp³-hybridized carbons (Fsp3) is 0.0952. The van der Waals surface area contributed by atoms with Crippen LogP contribution in [0.1, 0.15) is 37.8 Å². The topological polar surface area (TPSA) is 109 Å². The number of imidazole rings is 1. The Labute approximate surface area is 176 Å². The van der Waals surface area contributed by atoms with E-state index < -0.39 is 5.97 Å². The second-order valence-electron chi connectivity index (χ2n) is 6.62. The van der Waals surface area contributed by atoms with Gasteiger partial charge >= 0.3 is 5.97 Å². The number of carboxylic acid groups (broad SMARTS) is 1. The van der Waals surface area contributed by atoms with Crippen molar-refractivity contribution in [3.8, 4) is 0 Å². The van der Waals surface area contributed by atoms with Gasteiger partial charge < -0.3 is 14.8 Å². The fourth-order valence-electron chi connectivity index (χ4n) is 2.96. The van der Waals surface area contributed by atoms with Crippen molar-refractivity contribution >= 4 is 29.1 Å². The van der Waals surface area contributed by atoms with E-state index in [1.165, 1.54) is 12.4 Å². The highest BCUT2D eigenvalue weighted by Crippen LogP contribution is 2.16. The normalized spacial score (nSPS) is 10.8. The Morgan fingerprint density at radius 3 is 2.63 bits per heavy atom. The lowest BCUT2D eigenvalue weighted by atomic mass is 10.1. The van der Waals surface area contributed by atoms with Crippen molar-refractivity contribution in [3.05, 3.63) is 94.4 Å². The van der Waals surface area contributed by atoms with Gasteiger partial charge in [0.15, 0.2) is 0 Å². The van der Waals surface area contributed by atoms with E-state index in [9.17, 15) is 9.59 Å². The summed E-state index contributed by atoms with van der Waals surface area (Å²) in [5.41, 5.74) is 3.64. The number of hydrogen-bond acceptors (Lipinski definition) is 5. The molecule has 0 aliphatic heterocycles. The molecule has 1 aromatic carbocycles. The summed E-state index contributed by atoms with van der Waals surface area (Å²) in [6.45, 7) is 0.179. The van der Waals surface area contributed by atoms with Gasteiger partial charge in [-0.2, -0.15) is 0 Å². The van der Waals surface area contributed by atoms with Gasteiger partial charge in [0, 0.05) is 53.9 Å². The molecule has 0 bridgehead atoms. The zero-order valence-corrected chi connectivity index (χ0v) is 16.4. The first-order valence-electron chi connectivity index (χ1n) is 9.02. The summed E-state index contributed by atoms with van der Waals surface area (Å²) in [7, 11) is 0. The van der Waals surface area contributed by atoms with Crippen molar-refractivity contribution in [2.75, 3.05) is 0 Å². The third-order valence-electron chi connectivity index (χ3n) is 4.40.